The van der Waals surface area contributed by atoms with Crippen molar-refractivity contribution in [2.75, 3.05) is 5.32 Å². The number of nitriles is 1. The highest BCUT2D eigenvalue weighted by Crippen LogP contribution is 2.33. The molecule has 0 aliphatic carbocycles. The monoisotopic (exact) mass is 439 g/mol. The number of halogens is 1. The molecule has 3 aromatic carbocycles. The second kappa shape index (κ2) is 8.02. The van der Waals surface area contributed by atoms with E-state index >= 15 is 0 Å². The number of fused-ring (bicyclic) bond motifs is 1. The fraction of sp³-hybridized carbons (Fsp3) is 0. The standard InChI is InChI=1S/C24H14ClN5O2/c25-17-6-9-21-20(11-17)29-24(32-21)19-13-27-30-22(19)15-4-7-18(8-5-15)28-23(31)16-3-1-2-14(10-16)12-26/h1-11,13H,(H,27,30)(H,28,31). The van der Waals surface area contributed by atoms with Crippen molar-refractivity contribution >= 4 is 34.3 Å². The Morgan fingerprint density at radius 3 is 2.75 bits per heavy atom. The van der Waals surface area contributed by atoms with Crippen LogP contribution in [0.3, 0.4) is 0 Å². The van der Waals surface area contributed by atoms with E-state index in [4.69, 9.17) is 21.3 Å². The van der Waals surface area contributed by atoms with Crippen LogP contribution in [0.15, 0.2) is 77.3 Å². The van der Waals surface area contributed by atoms with Crippen molar-refractivity contribution in [2.45, 2.75) is 0 Å². The molecule has 0 saturated carbocycles. The maximum Gasteiger partial charge on any atom is 0.255 e. The Balaban J connectivity index is 1.39. The zero-order chi connectivity index (χ0) is 22.1. The lowest BCUT2D eigenvalue weighted by Crippen LogP contribution is -2.11. The van der Waals surface area contributed by atoms with Crippen LogP contribution in [0.1, 0.15) is 15.9 Å². The number of amides is 1. The molecule has 5 aromatic rings. The number of rotatable bonds is 4. The number of oxazole rings is 1. The van der Waals surface area contributed by atoms with Gasteiger partial charge in [0, 0.05) is 28.0 Å². The van der Waals surface area contributed by atoms with E-state index in [-0.39, 0.29) is 5.91 Å². The average Bonchev–Trinajstić information content (AvgIpc) is 3.46. The molecule has 0 radical (unpaired) electrons. The van der Waals surface area contributed by atoms with Crippen LogP contribution in [0.2, 0.25) is 5.02 Å². The van der Waals surface area contributed by atoms with E-state index in [0.29, 0.717) is 50.1 Å². The minimum Gasteiger partial charge on any atom is -0.436 e. The van der Waals surface area contributed by atoms with Crippen molar-refractivity contribution in [3.8, 4) is 28.8 Å². The Morgan fingerprint density at radius 1 is 1.09 bits per heavy atom. The molecule has 5 rings (SSSR count). The Labute approximate surface area is 187 Å². The van der Waals surface area contributed by atoms with Crippen molar-refractivity contribution in [3.05, 3.63) is 89.1 Å². The molecule has 7 nitrogen and oxygen atoms in total. The van der Waals surface area contributed by atoms with Crippen LogP contribution >= 0.6 is 11.6 Å². The number of carbonyl (C=O) groups is 1. The summed E-state index contributed by atoms with van der Waals surface area (Å²) in [7, 11) is 0. The molecule has 0 saturated heterocycles. The summed E-state index contributed by atoms with van der Waals surface area (Å²) in [6.07, 6.45) is 1.72. The van der Waals surface area contributed by atoms with Crippen molar-refractivity contribution in [1.82, 2.24) is 15.2 Å². The normalized spacial score (nSPS) is 10.8. The van der Waals surface area contributed by atoms with E-state index in [1.807, 2.05) is 18.2 Å². The molecule has 32 heavy (non-hydrogen) atoms. The zero-order valence-electron chi connectivity index (χ0n) is 16.5. The second-order valence-corrected chi connectivity index (χ2v) is 7.44. The summed E-state index contributed by atoms with van der Waals surface area (Å²) >= 11 is 6.04. The van der Waals surface area contributed by atoms with Crippen molar-refractivity contribution < 1.29 is 9.21 Å². The quantitative estimate of drug-likeness (QED) is 0.375. The summed E-state index contributed by atoms with van der Waals surface area (Å²) in [5, 5.41) is 19.6. The number of hydrogen-bond acceptors (Lipinski definition) is 5. The van der Waals surface area contributed by atoms with Gasteiger partial charge in [0.2, 0.25) is 5.89 Å². The molecule has 2 N–H and O–H groups in total. The predicted molar refractivity (Wildman–Crippen MR) is 121 cm³/mol. The molecule has 0 bridgehead atoms. The molecule has 0 fully saturated rings. The largest absolute Gasteiger partial charge is 0.436 e. The Bertz CT molecular complexity index is 1500. The van der Waals surface area contributed by atoms with Gasteiger partial charge in [-0.1, -0.05) is 29.8 Å². The minimum atomic E-state index is -0.291. The molecular formula is C24H14ClN5O2. The van der Waals surface area contributed by atoms with Gasteiger partial charge >= 0.3 is 0 Å². The van der Waals surface area contributed by atoms with E-state index in [1.54, 1.807) is 60.8 Å². The SMILES string of the molecule is N#Cc1cccc(C(=O)Nc2ccc(-c3n[nH]cc3-c3nc4cc(Cl)ccc4o3)cc2)c1. The predicted octanol–water partition coefficient (Wildman–Crippen LogP) is 5.66. The number of H-pyrrole nitrogens is 1. The first kappa shape index (κ1) is 19.5. The van der Waals surface area contributed by atoms with Crippen molar-refractivity contribution in [1.29, 1.82) is 5.26 Å². The summed E-state index contributed by atoms with van der Waals surface area (Å²) in [6, 6.07) is 21.1. The van der Waals surface area contributed by atoms with Crippen LogP contribution in [0.5, 0.6) is 0 Å². The third-order valence-electron chi connectivity index (χ3n) is 4.89. The van der Waals surface area contributed by atoms with Gasteiger partial charge in [0.05, 0.1) is 17.2 Å². The number of nitrogens with zero attached hydrogens (tertiary/aromatic N) is 3. The average molecular weight is 440 g/mol. The van der Waals surface area contributed by atoms with Gasteiger partial charge in [-0.05, 0) is 48.5 Å². The fourth-order valence-electron chi connectivity index (χ4n) is 3.33. The molecule has 154 valence electrons. The summed E-state index contributed by atoms with van der Waals surface area (Å²) in [5.74, 6) is 0.140. The van der Waals surface area contributed by atoms with Gasteiger partial charge in [-0.3, -0.25) is 9.89 Å². The van der Waals surface area contributed by atoms with E-state index in [0.717, 1.165) is 5.56 Å². The highest BCUT2D eigenvalue weighted by atomic mass is 35.5. The van der Waals surface area contributed by atoms with Crippen LogP contribution < -0.4 is 5.32 Å². The molecule has 0 aliphatic heterocycles. The van der Waals surface area contributed by atoms with Crippen LogP contribution in [0.25, 0.3) is 33.8 Å². The van der Waals surface area contributed by atoms with Crippen LogP contribution in [0, 0.1) is 11.3 Å². The Hall–Kier alpha value is -4.41. The molecule has 1 amide bonds. The highest BCUT2D eigenvalue weighted by molar-refractivity contribution is 6.31. The number of hydrogen-bond donors (Lipinski definition) is 2. The maximum atomic E-state index is 12.5. The summed E-state index contributed by atoms with van der Waals surface area (Å²) in [5.41, 5.74) is 4.97. The number of aromatic amines is 1. The Kier molecular flexibility index (Phi) is 4.90. The first-order valence-corrected chi connectivity index (χ1v) is 10.0. The van der Waals surface area contributed by atoms with E-state index in [1.165, 1.54) is 0 Å². The zero-order valence-corrected chi connectivity index (χ0v) is 17.2. The van der Waals surface area contributed by atoms with Gasteiger partial charge in [-0.2, -0.15) is 10.4 Å². The molecule has 2 heterocycles. The summed E-state index contributed by atoms with van der Waals surface area (Å²) < 4.78 is 5.86. The summed E-state index contributed by atoms with van der Waals surface area (Å²) in [6.45, 7) is 0. The van der Waals surface area contributed by atoms with Crippen LogP contribution in [0.4, 0.5) is 5.69 Å². The third kappa shape index (κ3) is 3.71. The number of benzene rings is 3. The second-order valence-electron chi connectivity index (χ2n) is 7.00. The lowest BCUT2D eigenvalue weighted by molar-refractivity contribution is 0.102. The molecule has 0 aliphatic rings. The first-order chi connectivity index (χ1) is 15.6. The number of anilines is 1. The van der Waals surface area contributed by atoms with Crippen molar-refractivity contribution in [2.24, 2.45) is 0 Å². The van der Waals surface area contributed by atoms with E-state index < -0.39 is 0 Å². The fourth-order valence-corrected chi connectivity index (χ4v) is 3.50. The maximum absolute atomic E-state index is 12.5. The highest BCUT2D eigenvalue weighted by Gasteiger charge is 2.17. The third-order valence-corrected chi connectivity index (χ3v) is 5.13. The molecular weight excluding hydrogens is 426 g/mol. The number of aromatic nitrogens is 3. The topological polar surface area (TPSA) is 108 Å². The first-order valence-electron chi connectivity index (χ1n) is 9.63. The molecule has 8 heteroatoms. The molecule has 0 atom stereocenters. The molecule has 2 aromatic heterocycles. The minimum absolute atomic E-state index is 0.291. The number of carbonyl (C=O) groups excluding carboxylic acids is 1. The molecule has 0 unspecified atom stereocenters. The van der Waals surface area contributed by atoms with Gasteiger partial charge in [0.15, 0.2) is 5.58 Å². The van der Waals surface area contributed by atoms with E-state index in [9.17, 15) is 4.79 Å². The summed E-state index contributed by atoms with van der Waals surface area (Å²) in [4.78, 5) is 17.0. The van der Waals surface area contributed by atoms with E-state index in [2.05, 4.69) is 20.5 Å². The van der Waals surface area contributed by atoms with Crippen LogP contribution in [-0.2, 0) is 0 Å². The lowest BCUT2D eigenvalue weighted by Gasteiger charge is -2.07. The van der Waals surface area contributed by atoms with Gasteiger partial charge in [0.25, 0.3) is 5.91 Å². The molecule has 0 spiro atoms. The van der Waals surface area contributed by atoms with Gasteiger partial charge in [0.1, 0.15) is 11.2 Å². The lowest BCUT2D eigenvalue weighted by atomic mass is 10.1. The van der Waals surface area contributed by atoms with Gasteiger partial charge in [-0.25, -0.2) is 4.98 Å². The van der Waals surface area contributed by atoms with Crippen molar-refractivity contribution in [3.63, 3.8) is 0 Å². The smallest absolute Gasteiger partial charge is 0.255 e. The number of nitrogens with one attached hydrogen (secondary N) is 2. The van der Waals surface area contributed by atoms with Gasteiger partial charge < -0.3 is 9.73 Å². The Morgan fingerprint density at radius 2 is 1.94 bits per heavy atom. The van der Waals surface area contributed by atoms with Gasteiger partial charge in [-0.15, -0.1) is 0 Å². The van der Waals surface area contributed by atoms with Crippen LogP contribution in [-0.4, -0.2) is 21.1 Å².